The fourth-order valence-corrected chi connectivity index (χ4v) is 3.63. The van der Waals surface area contributed by atoms with Crippen LogP contribution >= 0.6 is 15.9 Å². The van der Waals surface area contributed by atoms with Crippen molar-refractivity contribution in [3.63, 3.8) is 0 Å². The molecule has 2 heteroatoms. The molecule has 0 saturated carbocycles. The molecule has 0 aliphatic heterocycles. The topological polar surface area (TPSA) is 20.2 Å². The van der Waals surface area contributed by atoms with Gasteiger partial charge >= 0.3 is 0 Å². The third-order valence-electron chi connectivity index (χ3n) is 4.25. The molecule has 104 valence electrons. The zero-order valence-corrected chi connectivity index (χ0v) is 13.1. The summed E-state index contributed by atoms with van der Waals surface area (Å²) in [5, 5.41) is 11.3. The Morgan fingerprint density at radius 2 is 1.75 bits per heavy atom. The van der Waals surface area contributed by atoms with Crippen molar-refractivity contribution in [2.24, 2.45) is 0 Å². The molecule has 0 bridgehead atoms. The van der Waals surface area contributed by atoms with E-state index in [-0.39, 0.29) is 0 Å². The molecule has 1 N–H and O–H groups in total. The number of rotatable bonds is 2. The second-order valence-corrected chi connectivity index (χ2v) is 6.52. The number of hydrogen-bond acceptors (Lipinski definition) is 1. The Kier molecular flexibility index (Phi) is 3.95. The molecule has 2 aromatic carbocycles. The van der Waals surface area contributed by atoms with E-state index >= 15 is 0 Å². The summed E-state index contributed by atoms with van der Waals surface area (Å²) in [7, 11) is 0. The summed E-state index contributed by atoms with van der Waals surface area (Å²) >= 11 is 3.60. The van der Waals surface area contributed by atoms with E-state index in [2.05, 4.69) is 40.2 Å². The lowest BCUT2D eigenvalue weighted by molar-refractivity contribution is 0.0270. The first-order valence-electron chi connectivity index (χ1n) is 7.23. The maximum atomic E-state index is 11.3. The highest BCUT2D eigenvalue weighted by Crippen LogP contribution is 2.37. The van der Waals surface area contributed by atoms with Crippen molar-refractivity contribution in [1.82, 2.24) is 0 Å². The first-order valence-corrected chi connectivity index (χ1v) is 8.02. The van der Waals surface area contributed by atoms with E-state index < -0.39 is 5.60 Å². The summed E-state index contributed by atoms with van der Waals surface area (Å²) in [6.45, 7) is 0. The lowest BCUT2D eigenvalue weighted by Crippen LogP contribution is -2.29. The maximum Gasteiger partial charge on any atom is 0.0939 e. The Balaban J connectivity index is 2.01. The summed E-state index contributed by atoms with van der Waals surface area (Å²) in [6.07, 6.45) is 4.83. The van der Waals surface area contributed by atoms with Crippen LogP contribution in [-0.4, -0.2) is 5.11 Å². The standard InChI is InChI=1S/C18H19BrO/c19-17-11-4-2-9-15(17)13-18(20)12-6-5-8-14-7-1-3-10-16(14)18/h1-4,7,9-11,20H,5-6,8,12-13H2. The van der Waals surface area contributed by atoms with Crippen molar-refractivity contribution in [2.75, 3.05) is 0 Å². The van der Waals surface area contributed by atoms with Gasteiger partial charge in [0.15, 0.2) is 0 Å². The van der Waals surface area contributed by atoms with Crippen molar-refractivity contribution in [3.8, 4) is 0 Å². The molecule has 1 unspecified atom stereocenters. The quantitative estimate of drug-likeness (QED) is 0.797. The van der Waals surface area contributed by atoms with E-state index in [0.29, 0.717) is 6.42 Å². The van der Waals surface area contributed by atoms with Crippen LogP contribution in [0.4, 0.5) is 0 Å². The van der Waals surface area contributed by atoms with E-state index in [1.54, 1.807) is 0 Å². The van der Waals surface area contributed by atoms with Gasteiger partial charge < -0.3 is 5.11 Å². The zero-order chi connectivity index (χ0) is 14.0. The molecule has 0 amide bonds. The minimum Gasteiger partial charge on any atom is -0.385 e. The minimum absolute atomic E-state index is 0.672. The SMILES string of the molecule is OC1(Cc2ccccc2Br)CCCCc2ccccc21. The van der Waals surface area contributed by atoms with Gasteiger partial charge in [0.05, 0.1) is 5.60 Å². The fraction of sp³-hybridized carbons (Fsp3) is 0.333. The molecule has 1 nitrogen and oxygen atoms in total. The highest BCUT2D eigenvalue weighted by molar-refractivity contribution is 9.10. The molecule has 2 aromatic rings. The number of hydrogen-bond donors (Lipinski definition) is 1. The van der Waals surface area contributed by atoms with Gasteiger partial charge in [0.2, 0.25) is 0 Å². The summed E-state index contributed by atoms with van der Waals surface area (Å²) in [5.74, 6) is 0. The van der Waals surface area contributed by atoms with Gasteiger partial charge in [0, 0.05) is 10.9 Å². The van der Waals surface area contributed by atoms with Gasteiger partial charge in [-0.05, 0) is 48.4 Å². The number of aryl methyl sites for hydroxylation is 1. The third-order valence-corrected chi connectivity index (χ3v) is 5.02. The highest BCUT2D eigenvalue weighted by atomic mass is 79.9. The van der Waals surface area contributed by atoms with E-state index in [1.165, 1.54) is 11.1 Å². The van der Waals surface area contributed by atoms with E-state index in [4.69, 9.17) is 0 Å². The summed E-state index contributed by atoms with van der Waals surface area (Å²) in [5.41, 5.74) is 2.86. The Morgan fingerprint density at radius 1 is 1.00 bits per heavy atom. The smallest absolute Gasteiger partial charge is 0.0939 e. The number of fused-ring (bicyclic) bond motifs is 1. The minimum atomic E-state index is -0.739. The monoisotopic (exact) mass is 330 g/mol. The van der Waals surface area contributed by atoms with E-state index in [9.17, 15) is 5.11 Å². The van der Waals surface area contributed by atoms with Crippen LogP contribution in [0.2, 0.25) is 0 Å². The van der Waals surface area contributed by atoms with Crippen molar-refractivity contribution in [3.05, 3.63) is 69.7 Å². The van der Waals surface area contributed by atoms with Crippen LogP contribution < -0.4 is 0 Å². The molecule has 0 saturated heterocycles. The fourth-order valence-electron chi connectivity index (χ4n) is 3.20. The normalized spacial score (nSPS) is 22.1. The Hall–Kier alpha value is -1.12. The Bertz CT molecular complexity index is 608. The number of benzene rings is 2. The van der Waals surface area contributed by atoms with Gasteiger partial charge in [-0.1, -0.05) is 58.4 Å². The van der Waals surface area contributed by atoms with Gasteiger partial charge in [-0.2, -0.15) is 0 Å². The van der Waals surface area contributed by atoms with Crippen LogP contribution in [0.25, 0.3) is 0 Å². The molecule has 1 atom stereocenters. The van der Waals surface area contributed by atoms with Crippen LogP contribution in [0.5, 0.6) is 0 Å². The predicted molar refractivity (Wildman–Crippen MR) is 85.7 cm³/mol. The summed E-state index contributed by atoms with van der Waals surface area (Å²) in [6, 6.07) is 16.5. The molecular weight excluding hydrogens is 312 g/mol. The van der Waals surface area contributed by atoms with Crippen molar-refractivity contribution < 1.29 is 5.11 Å². The second kappa shape index (κ2) is 5.71. The average molecular weight is 331 g/mol. The van der Waals surface area contributed by atoms with Gasteiger partial charge in [-0.3, -0.25) is 0 Å². The summed E-state index contributed by atoms with van der Waals surface area (Å²) < 4.78 is 1.08. The van der Waals surface area contributed by atoms with Gasteiger partial charge in [0.25, 0.3) is 0 Å². The molecule has 20 heavy (non-hydrogen) atoms. The first kappa shape index (κ1) is 13.8. The molecule has 0 heterocycles. The largest absolute Gasteiger partial charge is 0.385 e. The molecule has 3 rings (SSSR count). The average Bonchev–Trinajstić information content (AvgIpc) is 2.62. The van der Waals surface area contributed by atoms with Crippen molar-refractivity contribution in [1.29, 1.82) is 0 Å². The van der Waals surface area contributed by atoms with Crippen LogP contribution in [-0.2, 0) is 18.4 Å². The first-order chi connectivity index (χ1) is 9.69. The summed E-state index contributed by atoms with van der Waals surface area (Å²) in [4.78, 5) is 0. The Labute approximate surface area is 128 Å². The van der Waals surface area contributed by atoms with Crippen LogP contribution in [0.3, 0.4) is 0 Å². The third kappa shape index (κ3) is 2.68. The van der Waals surface area contributed by atoms with Crippen molar-refractivity contribution in [2.45, 2.75) is 37.7 Å². The molecule has 0 radical (unpaired) electrons. The van der Waals surface area contributed by atoms with Crippen LogP contribution in [0.15, 0.2) is 53.0 Å². The molecule has 1 aliphatic rings. The highest BCUT2D eigenvalue weighted by Gasteiger charge is 2.33. The predicted octanol–water partition coefficient (Wildman–Crippen LogP) is 4.61. The molecular formula is C18H19BrO. The van der Waals surface area contributed by atoms with Gasteiger partial charge in [-0.25, -0.2) is 0 Å². The maximum absolute atomic E-state index is 11.3. The van der Waals surface area contributed by atoms with Crippen LogP contribution in [0, 0.1) is 0 Å². The molecule has 0 aromatic heterocycles. The van der Waals surface area contributed by atoms with Gasteiger partial charge in [-0.15, -0.1) is 0 Å². The zero-order valence-electron chi connectivity index (χ0n) is 11.5. The lowest BCUT2D eigenvalue weighted by atomic mass is 9.83. The van der Waals surface area contributed by atoms with Crippen molar-refractivity contribution >= 4 is 15.9 Å². The Morgan fingerprint density at radius 3 is 2.60 bits per heavy atom. The molecule has 1 aliphatic carbocycles. The molecule has 0 spiro atoms. The second-order valence-electron chi connectivity index (χ2n) is 5.66. The number of halogens is 1. The molecule has 0 fully saturated rings. The van der Waals surface area contributed by atoms with Gasteiger partial charge in [0.1, 0.15) is 0 Å². The lowest BCUT2D eigenvalue weighted by Gasteiger charge is -2.29. The van der Waals surface area contributed by atoms with E-state index in [1.807, 2.05) is 24.3 Å². The van der Waals surface area contributed by atoms with Crippen LogP contribution in [0.1, 0.15) is 36.0 Å². The number of aliphatic hydroxyl groups is 1. The van der Waals surface area contributed by atoms with E-state index in [0.717, 1.165) is 35.7 Å².